The van der Waals surface area contributed by atoms with E-state index in [-0.39, 0.29) is 12.1 Å². The molecule has 2 atom stereocenters. The predicted octanol–water partition coefficient (Wildman–Crippen LogP) is 2.57. The molecule has 0 radical (unpaired) electrons. The van der Waals surface area contributed by atoms with Crippen molar-refractivity contribution in [2.75, 3.05) is 13.2 Å². The zero-order chi connectivity index (χ0) is 17.6. The third kappa shape index (κ3) is 4.76. The van der Waals surface area contributed by atoms with E-state index >= 15 is 0 Å². The van der Waals surface area contributed by atoms with Crippen LogP contribution < -0.4 is 15.4 Å². The molecular formula is C19H24N2O4. The first-order valence-corrected chi connectivity index (χ1v) is 8.62. The molecule has 0 fully saturated rings. The van der Waals surface area contributed by atoms with Gasteiger partial charge in [0.15, 0.2) is 0 Å². The molecule has 6 nitrogen and oxygen atoms in total. The van der Waals surface area contributed by atoms with Gasteiger partial charge in [-0.25, -0.2) is 4.79 Å². The number of nitrogens with one attached hydrogen (secondary N) is 2. The van der Waals surface area contributed by atoms with Crippen molar-refractivity contribution >= 4 is 6.03 Å². The van der Waals surface area contributed by atoms with Gasteiger partial charge in [-0.05, 0) is 42.7 Å². The first kappa shape index (κ1) is 17.4. The minimum Gasteiger partial charge on any atom is -0.493 e. The number of hydrogen-bond donors (Lipinski definition) is 3. The van der Waals surface area contributed by atoms with E-state index in [2.05, 4.69) is 16.7 Å². The molecule has 134 valence electrons. The summed E-state index contributed by atoms with van der Waals surface area (Å²) < 4.78 is 10.7. The number of amides is 2. The summed E-state index contributed by atoms with van der Waals surface area (Å²) in [7, 11) is 0. The summed E-state index contributed by atoms with van der Waals surface area (Å²) in [5.74, 6) is 1.48. The van der Waals surface area contributed by atoms with Crippen LogP contribution in [0.4, 0.5) is 4.79 Å². The lowest BCUT2D eigenvalue weighted by atomic mass is 10.1. The molecule has 2 amide bonds. The molecule has 3 N–H and O–H groups in total. The molecule has 1 aliphatic heterocycles. The van der Waals surface area contributed by atoms with Gasteiger partial charge < -0.3 is 24.9 Å². The van der Waals surface area contributed by atoms with E-state index in [1.807, 2.05) is 19.1 Å². The molecule has 1 aliphatic rings. The molecule has 3 rings (SSSR count). The van der Waals surface area contributed by atoms with Crippen LogP contribution in [0.15, 0.2) is 41.0 Å². The number of carbonyl (C=O) groups excluding carboxylic acids is 1. The van der Waals surface area contributed by atoms with Gasteiger partial charge in [-0.15, -0.1) is 0 Å². The monoisotopic (exact) mass is 344 g/mol. The number of aliphatic hydroxyl groups is 1. The molecule has 0 aliphatic carbocycles. The quantitative estimate of drug-likeness (QED) is 0.721. The highest BCUT2D eigenvalue weighted by atomic mass is 16.5. The fourth-order valence-electron chi connectivity index (χ4n) is 2.98. The Kier molecular flexibility index (Phi) is 5.60. The van der Waals surface area contributed by atoms with Gasteiger partial charge in [-0.1, -0.05) is 12.1 Å². The molecule has 2 unspecified atom stereocenters. The van der Waals surface area contributed by atoms with Crippen molar-refractivity contribution in [3.05, 3.63) is 53.5 Å². The van der Waals surface area contributed by atoms with Gasteiger partial charge in [0.2, 0.25) is 0 Å². The minimum absolute atomic E-state index is 0.169. The van der Waals surface area contributed by atoms with Crippen LogP contribution in [0.5, 0.6) is 5.75 Å². The van der Waals surface area contributed by atoms with Crippen LogP contribution in [-0.4, -0.2) is 30.3 Å². The molecule has 0 spiro atoms. The summed E-state index contributed by atoms with van der Waals surface area (Å²) in [4.78, 5) is 12.0. The summed E-state index contributed by atoms with van der Waals surface area (Å²) in [6.07, 6.45) is 2.91. The second kappa shape index (κ2) is 8.07. The largest absolute Gasteiger partial charge is 0.493 e. The average molecular weight is 344 g/mol. The van der Waals surface area contributed by atoms with Gasteiger partial charge in [0, 0.05) is 25.4 Å². The van der Waals surface area contributed by atoms with E-state index in [9.17, 15) is 9.90 Å². The van der Waals surface area contributed by atoms with Crippen LogP contribution in [-0.2, 0) is 12.8 Å². The van der Waals surface area contributed by atoms with Gasteiger partial charge in [-0.3, -0.25) is 0 Å². The third-order valence-corrected chi connectivity index (χ3v) is 4.28. The molecule has 2 heterocycles. The maximum absolute atomic E-state index is 12.0. The maximum Gasteiger partial charge on any atom is 0.315 e. The summed E-state index contributed by atoms with van der Waals surface area (Å²) in [5.41, 5.74) is 2.42. The van der Waals surface area contributed by atoms with E-state index < -0.39 is 6.10 Å². The van der Waals surface area contributed by atoms with E-state index in [0.29, 0.717) is 18.7 Å². The van der Waals surface area contributed by atoms with Crippen LogP contribution in [0.3, 0.4) is 0 Å². The minimum atomic E-state index is -0.723. The summed E-state index contributed by atoms with van der Waals surface area (Å²) >= 11 is 0. The van der Waals surface area contributed by atoms with Crippen molar-refractivity contribution in [3.8, 4) is 5.75 Å². The summed E-state index contributed by atoms with van der Waals surface area (Å²) in [6, 6.07) is 9.22. The molecule has 0 bridgehead atoms. The number of furan rings is 1. The number of ether oxygens (including phenoxy) is 1. The van der Waals surface area contributed by atoms with E-state index in [1.165, 1.54) is 17.4 Å². The van der Waals surface area contributed by atoms with Gasteiger partial charge in [0.05, 0.1) is 12.9 Å². The molecule has 25 heavy (non-hydrogen) atoms. The standard InChI is InChI=1S/C19H24N2O4/c1-13(11-16(22)18-3-2-9-24-18)21-19(23)20-8-6-14-4-5-17-15(12-14)7-10-25-17/h2-5,9,12-13,16,22H,6-8,10-11H2,1H3,(H2,20,21,23). The van der Waals surface area contributed by atoms with Crippen molar-refractivity contribution in [1.82, 2.24) is 10.6 Å². The lowest BCUT2D eigenvalue weighted by Gasteiger charge is -2.17. The van der Waals surface area contributed by atoms with Gasteiger partial charge >= 0.3 is 6.03 Å². The Morgan fingerprint density at radius 1 is 1.36 bits per heavy atom. The van der Waals surface area contributed by atoms with Gasteiger partial charge in [-0.2, -0.15) is 0 Å². The Labute approximate surface area is 147 Å². The van der Waals surface area contributed by atoms with Gasteiger partial charge in [0.25, 0.3) is 0 Å². The molecular weight excluding hydrogens is 320 g/mol. The molecule has 1 aromatic heterocycles. The SMILES string of the molecule is CC(CC(O)c1ccco1)NC(=O)NCCc1ccc2c(c1)CCO2. The Balaban J connectivity index is 1.37. The summed E-state index contributed by atoms with van der Waals surface area (Å²) in [5, 5.41) is 15.7. The van der Waals surface area contributed by atoms with Crippen molar-refractivity contribution in [2.24, 2.45) is 0 Å². The topological polar surface area (TPSA) is 83.7 Å². The Bertz CT molecular complexity index is 699. The van der Waals surface area contributed by atoms with Crippen molar-refractivity contribution in [2.45, 2.75) is 38.3 Å². The average Bonchev–Trinajstić information content (AvgIpc) is 3.26. The molecule has 1 aromatic carbocycles. The van der Waals surface area contributed by atoms with E-state index in [0.717, 1.165) is 25.2 Å². The molecule has 6 heteroatoms. The Morgan fingerprint density at radius 2 is 2.24 bits per heavy atom. The number of hydrogen-bond acceptors (Lipinski definition) is 4. The highest BCUT2D eigenvalue weighted by Crippen LogP contribution is 2.25. The number of rotatable bonds is 7. The maximum atomic E-state index is 12.0. The van der Waals surface area contributed by atoms with Crippen LogP contribution in [0, 0.1) is 0 Å². The van der Waals surface area contributed by atoms with Crippen LogP contribution in [0.25, 0.3) is 0 Å². The zero-order valence-corrected chi connectivity index (χ0v) is 14.3. The fraction of sp³-hybridized carbons (Fsp3) is 0.421. The van der Waals surface area contributed by atoms with E-state index in [4.69, 9.17) is 9.15 Å². The highest BCUT2D eigenvalue weighted by Gasteiger charge is 2.16. The van der Waals surface area contributed by atoms with Gasteiger partial charge in [0.1, 0.15) is 17.6 Å². The first-order valence-electron chi connectivity index (χ1n) is 8.62. The van der Waals surface area contributed by atoms with E-state index in [1.54, 1.807) is 12.1 Å². The second-order valence-electron chi connectivity index (χ2n) is 6.36. The van der Waals surface area contributed by atoms with Crippen molar-refractivity contribution in [1.29, 1.82) is 0 Å². The Hall–Kier alpha value is -2.47. The first-order chi connectivity index (χ1) is 12.1. The molecule has 0 saturated carbocycles. The predicted molar refractivity (Wildman–Crippen MR) is 93.6 cm³/mol. The Morgan fingerprint density at radius 3 is 3.04 bits per heavy atom. The summed E-state index contributed by atoms with van der Waals surface area (Å²) in [6.45, 7) is 3.16. The van der Waals surface area contributed by atoms with Crippen molar-refractivity contribution < 1.29 is 19.1 Å². The number of urea groups is 1. The number of fused-ring (bicyclic) bond motifs is 1. The molecule has 0 saturated heterocycles. The van der Waals surface area contributed by atoms with Crippen molar-refractivity contribution in [3.63, 3.8) is 0 Å². The second-order valence-corrected chi connectivity index (χ2v) is 6.36. The normalized spacial score (nSPS) is 15.1. The molecule has 2 aromatic rings. The third-order valence-electron chi connectivity index (χ3n) is 4.28. The van der Waals surface area contributed by atoms with Crippen LogP contribution in [0.1, 0.15) is 36.3 Å². The smallest absolute Gasteiger partial charge is 0.315 e. The van der Waals surface area contributed by atoms with Crippen LogP contribution >= 0.6 is 0 Å². The number of aliphatic hydroxyl groups excluding tert-OH is 1. The van der Waals surface area contributed by atoms with Crippen LogP contribution in [0.2, 0.25) is 0 Å². The highest BCUT2D eigenvalue weighted by molar-refractivity contribution is 5.74. The lowest BCUT2D eigenvalue weighted by Crippen LogP contribution is -2.42. The lowest BCUT2D eigenvalue weighted by molar-refractivity contribution is 0.129. The number of carbonyl (C=O) groups is 1. The number of benzene rings is 1. The zero-order valence-electron chi connectivity index (χ0n) is 14.3. The fourth-order valence-corrected chi connectivity index (χ4v) is 2.98.